The second-order valence-electron chi connectivity index (χ2n) is 0.946. The first-order valence-corrected chi connectivity index (χ1v) is 2.37. The van der Waals surface area contributed by atoms with Crippen LogP contribution in [0.2, 0.25) is 0 Å². The molecule has 0 saturated carbocycles. The minimum atomic E-state index is 0.370. The normalized spacial score (nSPS) is 17.7. The third-order valence-electron chi connectivity index (χ3n) is 0.487. The van der Waals surface area contributed by atoms with E-state index in [9.17, 15) is 0 Å². The van der Waals surface area contributed by atoms with Crippen molar-refractivity contribution < 1.29 is 0 Å². The van der Waals surface area contributed by atoms with Crippen molar-refractivity contribution in [1.82, 2.24) is 5.43 Å². The van der Waals surface area contributed by atoms with Crippen molar-refractivity contribution in [3.8, 4) is 0 Å². The molecule has 36 valence electrons. The first-order valence-electron chi connectivity index (χ1n) is 1.56. The molecule has 0 saturated heterocycles. The Morgan fingerprint density at radius 2 is 2.14 bits per heavy atom. The predicted molar refractivity (Wildman–Crippen MR) is 33.2 cm³/mol. The average Bonchev–Trinajstić information content (AvgIpc) is 1.91. The summed E-state index contributed by atoms with van der Waals surface area (Å²) in [6.45, 7) is 0. The number of nitrogens with one attached hydrogen (secondary N) is 1. The van der Waals surface area contributed by atoms with Gasteiger partial charge in [0.2, 0.25) is 0 Å². The largest absolute Gasteiger partial charge is 0.246 e. The van der Waals surface area contributed by atoms with Crippen LogP contribution in [-0.4, -0.2) is 9.98 Å². The van der Waals surface area contributed by atoms with Crippen LogP contribution in [-0.2, 0) is 0 Å². The van der Waals surface area contributed by atoms with Crippen LogP contribution in [0.1, 0.15) is 0 Å². The molecule has 0 aromatic heterocycles. The van der Waals surface area contributed by atoms with E-state index in [1.54, 1.807) is 0 Å². The Labute approximate surface area is 50.8 Å². The van der Waals surface area contributed by atoms with E-state index in [4.69, 9.17) is 0 Å². The van der Waals surface area contributed by atoms with Crippen molar-refractivity contribution in [3.63, 3.8) is 0 Å². The highest BCUT2D eigenvalue weighted by Gasteiger charge is 2.06. The molecule has 0 aromatic carbocycles. The first kappa shape index (κ1) is 4.73. The molecule has 3 nitrogen and oxygen atoms in total. The van der Waals surface area contributed by atoms with E-state index < -0.39 is 0 Å². The highest BCUT2D eigenvalue weighted by atomic mass is 32.1. The number of rotatable bonds is 0. The number of thiocarbonyl (C=S) groups is 2. The van der Waals surface area contributed by atoms with Gasteiger partial charge in [-0.2, -0.15) is 0 Å². The lowest BCUT2D eigenvalue weighted by Crippen LogP contribution is -2.13. The highest BCUT2D eigenvalue weighted by Crippen LogP contribution is 1.91. The van der Waals surface area contributed by atoms with Crippen molar-refractivity contribution >= 4 is 34.4 Å². The zero-order valence-corrected chi connectivity index (χ0v) is 4.84. The Bertz CT molecular complexity index is 149. The van der Waals surface area contributed by atoms with Crippen LogP contribution in [0.3, 0.4) is 0 Å². The topological polar surface area (TPSA) is 36.8 Å². The monoisotopic (exact) mass is 131 g/mol. The van der Waals surface area contributed by atoms with Gasteiger partial charge in [-0.1, -0.05) is 29.7 Å². The molecule has 0 spiro atoms. The first-order chi connectivity index (χ1) is 3.30. The third kappa shape index (κ3) is 0.779. The van der Waals surface area contributed by atoms with Gasteiger partial charge < -0.3 is 0 Å². The van der Waals surface area contributed by atoms with Crippen molar-refractivity contribution in [2.45, 2.75) is 0 Å². The van der Waals surface area contributed by atoms with Crippen LogP contribution in [0.15, 0.2) is 10.3 Å². The van der Waals surface area contributed by atoms with Crippen LogP contribution >= 0.6 is 24.4 Å². The maximum Gasteiger partial charge on any atom is 0.186 e. The summed E-state index contributed by atoms with van der Waals surface area (Å²) in [5.74, 6) is 0. The molecule has 1 rings (SSSR count). The van der Waals surface area contributed by atoms with Gasteiger partial charge in [0.15, 0.2) is 9.98 Å². The van der Waals surface area contributed by atoms with Crippen molar-refractivity contribution in [3.05, 3.63) is 0 Å². The molecular formula is C2HN3S2. The van der Waals surface area contributed by atoms with Gasteiger partial charge in [-0.05, 0) is 0 Å². The Hall–Kier alpha value is -0.420. The molecule has 1 aliphatic heterocycles. The van der Waals surface area contributed by atoms with Gasteiger partial charge in [0, 0.05) is 0 Å². The van der Waals surface area contributed by atoms with E-state index in [1.807, 2.05) is 0 Å². The summed E-state index contributed by atoms with van der Waals surface area (Å²) in [5.41, 5.74) is 2.42. The second-order valence-corrected chi connectivity index (χ2v) is 1.74. The zero-order valence-electron chi connectivity index (χ0n) is 3.21. The highest BCUT2D eigenvalue weighted by molar-refractivity contribution is 7.89. The SMILES string of the molecule is S=C1N=NNC1=S. The van der Waals surface area contributed by atoms with Crippen LogP contribution in [0.5, 0.6) is 0 Å². The van der Waals surface area contributed by atoms with E-state index >= 15 is 0 Å². The van der Waals surface area contributed by atoms with Gasteiger partial charge >= 0.3 is 0 Å². The molecule has 5 heteroatoms. The molecule has 1 N–H and O–H groups in total. The van der Waals surface area contributed by atoms with Crippen LogP contribution in [0, 0.1) is 0 Å². The molecular weight excluding hydrogens is 130 g/mol. The van der Waals surface area contributed by atoms with Gasteiger partial charge in [-0.3, -0.25) is 0 Å². The minimum absolute atomic E-state index is 0.370. The van der Waals surface area contributed by atoms with Gasteiger partial charge in [0.1, 0.15) is 0 Å². The summed E-state index contributed by atoms with van der Waals surface area (Å²) in [4.78, 5) is 0.810. The molecule has 0 fully saturated rings. The number of hydrogen-bond acceptors (Lipinski definition) is 3. The van der Waals surface area contributed by atoms with Crippen molar-refractivity contribution in [2.75, 3.05) is 0 Å². The van der Waals surface area contributed by atoms with Gasteiger partial charge in [-0.15, -0.1) is 5.11 Å². The maximum absolute atomic E-state index is 4.60. The van der Waals surface area contributed by atoms with E-state index in [2.05, 4.69) is 40.2 Å². The minimum Gasteiger partial charge on any atom is -0.246 e. The fourth-order valence-electron chi connectivity index (χ4n) is 0.209. The standard InChI is InChI=1S/C2HN3S2/c6-1-2(7)4-5-3-1/h(H,3,4,6,7). The van der Waals surface area contributed by atoms with Crippen LogP contribution in [0.4, 0.5) is 0 Å². The van der Waals surface area contributed by atoms with Crippen molar-refractivity contribution in [1.29, 1.82) is 0 Å². The summed E-state index contributed by atoms with van der Waals surface area (Å²) in [5, 5.41) is 6.76. The lowest BCUT2D eigenvalue weighted by atomic mass is 10.7. The fourth-order valence-corrected chi connectivity index (χ4v) is 0.377. The fraction of sp³-hybridized carbons (Fsp3) is 0. The van der Waals surface area contributed by atoms with Gasteiger partial charge in [0.05, 0.1) is 0 Å². The quantitative estimate of drug-likeness (QED) is 0.489. The number of nitrogens with zero attached hydrogens (tertiary/aromatic N) is 2. The number of hydrogen-bond donors (Lipinski definition) is 1. The molecule has 7 heavy (non-hydrogen) atoms. The Morgan fingerprint density at radius 3 is 2.29 bits per heavy atom. The summed E-state index contributed by atoms with van der Waals surface area (Å²) in [6, 6.07) is 0. The van der Waals surface area contributed by atoms with E-state index in [0.717, 1.165) is 0 Å². The predicted octanol–water partition coefficient (Wildman–Crippen LogP) is 0.612. The molecule has 0 atom stereocenters. The average molecular weight is 131 g/mol. The summed E-state index contributed by atoms with van der Waals surface area (Å²) >= 11 is 9.18. The Kier molecular flexibility index (Phi) is 1.07. The maximum atomic E-state index is 4.60. The lowest BCUT2D eigenvalue weighted by molar-refractivity contribution is 0.990. The molecule has 0 aliphatic carbocycles. The summed E-state index contributed by atoms with van der Waals surface area (Å²) in [7, 11) is 0. The lowest BCUT2D eigenvalue weighted by Gasteiger charge is -1.79. The van der Waals surface area contributed by atoms with Gasteiger partial charge in [0.25, 0.3) is 0 Å². The smallest absolute Gasteiger partial charge is 0.186 e. The zero-order chi connectivity index (χ0) is 5.28. The molecule has 1 heterocycles. The van der Waals surface area contributed by atoms with E-state index in [1.165, 1.54) is 0 Å². The molecule has 0 radical (unpaired) electrons. The van der Waals surface area contributed by atoms with Crippen LogP contribution < -0.4 is 5.43 Å². The van der Waals surface area contributed by atoms with Crippen LogP contribution in [0.25, 0.3) is 0 Å². The third-order valence-corrected chi connectivity index (χ3v) is 1.19. The second kappa shape index (κ2) is 1.59. The summed E-state index contributed by atoms with van der Waals surface area (Å²) in [6.07, 6.45) is 0. The molecule has 0 amide bonds. The van der Waals surface area contributed by atoms with Crippen molar-refractivity contribution in [2.24, 2.45) is 10.3 Å². The molecule has 0 unspecified atom stereocenters. The molecule has 1 aliphatic rings. The summed E-state index contributed by atoms with van der Waals surface area (Å²) < 4.78 is 0. The van der Waals surface area contributed by atoms with Gasteiger partial charge in [-0.25, -0.2) is 5.43 Å². The van der Waals surface area contributed by atoms with E-state index in [0.29, 0.717) is 9.98 Å². The molecule has 0 bridgehead atoms. The Morgan fingerprint density at radius 1 is 1.43 bits per heavy atom. The van der Waals surface area contributed by atoms with E-state index in [-0.39, 0.29) is 0 Å². The Balaban J connectivity index is 2.81. The molecule has 0 aromatic rings.